The normalized spacial score (nSPS) is 10.9. The zero-order valence-corrected chi connectivity index (χ0v) is 16.5. The van der Waals surface area contributed by atoms with Gasteiger partial charge in [-0.15, -0.1) is 0 Å². The number of nitrogens with zero attached hydrogens (tertiary/aromatic N) is 1. The van der Waals surface area contributed by atoms with Crippen LogP contribution in [0.4, 0.5) is 5.69 Å². The number of fused-ring (bicyclic) bond motifs is 1. The molecule has 4 aromatic rings. The minimum atomic E-state index is -0.458. The molecule has 1 aromatic heterocycles. The van der Waals surface area contributed by atoms with Crippen molar-refractivity contribution in [2.75, 3.05) is 0 Å². The first-order valence-corrected chi connectivity index (χ1v) is 9.43. The quantitative estimate of drug-likeness (QED) is 0.323. The van der Waals surface area contributed by atoms with Crippen molar-refractivity contribution < 1.29 is 14.1 Å². The molecule has 150 valence electrons. The summed E-state index contributed by atoms with van der Waals surface area (Å²) in [6.45, 7) is 4.00. The molecule has 0 fully saturated rings. The van der Waals surface area contributed by atoms with Gasteiger partial charge >= 0.3 is 0 Å². The number of nitro groups is 1. The summed E-state index contributed by atoms with van der Waals surface area (Å²) < 4.78 is 12.0. The van der Waals surface area contributed by atoms with Crippen LogP contribution in [0.25, 0.3) is 22.3 Å². The van der Waals surface area contributed by atoms with Gasteiger partial charge in [-0.25, -0.2) is 0 Å². The van der Waals surface area contributed by atoms with Crippen molar-refractivity contribution in [1.82, 2.24) is 0 Å². The number of hydrogen-bond donors (Lipinski definition) is 0. The van der Waals surface area contributed by atoms with E-state index in [1.807, 2.05) is 50.2 Å². The molecule has 0 aliphatic heterocycles. The number of non-ortho nitro benzene ring substituents is 1. The summed E-state index contributed by atoms with van der Waals surface area (Å²) in [5.41, 5.74) is 3.76. The van der Waals surface area contributed by atoms with Gasteiger partial charge in [0.2, 0.25) is 11.2 Å². The lowest BCUT2D eigenvalue weighted by Crippen LogP contribution is -2.10. The lowest BCUT2D eigenvalue weighted by molar-refractivity contribution is -0.384. The highest BCUT2D eigenvalue weighted by Crippen LogP contribution is 2.32. The number of benzene rings is 3. The smallest absolute Gasteiger partial charge is 0.269 e. The van der Waals surface area contributed by atoms with Gasteiger partial charge in [0.1, 0.15) is 12.2 Å². The third kappa shape index (κ3) is 3.80. The van der Waals surface area contributed by atoms with Gasteiger partial charge in [-0.05, 0) is 49.2 Å². The van der Waals surface area contributed by atoms with Crippen molar-refractivity contribution in [2.45, 2.75) is 20.5 Å². The zero-order valence-electron chi connectivity index (χ0n) is 16.5. The maximum absolute atomic E-state index is 13.2. The highest BCUT2D eigenvalue weighted by Gasteiger charge is 2.18. The van der Waals surface area contributed by atoms with Gasteiger partial charge in [-0.2, -0.15) is 0 Å². The Kier molecular flexibility index (Phi) is 5.06. The Balaban J connectivity index is 1.78. The van der Waals surface area contributed by atoms with Crippen LogP contribution in [0.5, 0.6) is 5.75 Å². The second-order valence-electron chi connectivity index (χ2n) is 7.17. The second-order valence-corrected chi connectivity index (χ2v) is 7.17. The van der Waals surface area contributed by atoms with Crippen molar-refractivity contribution in [1.29, 1.82) is 0 Å². The Morgan fingerprint density at radius 3 is 2.27 bits per heavy atom. The minimum Gasteiger partial charge on any atom is -0.481 e. The number of nitro benzene ring substituents is 1. The van der Waals surface area contributed by atoms with Crippen LogP contribution in [0.1, 0.15) is 16.7 Å². The number of aryl methyl sites for hydroxylation is 2. The van der Waals surface area contributed by atoms with Crippen LogP contribution in [0, 0.1) is 24.0 Å². The van der Waals surface area contributed by atoms with Crippen molar-refractivity contribution in [3.8, 4) is 17.1 Å². The van der Waals surface area contributed by atoms with Crippen molar-refractivity contribution in [2.24, 2.45) is 0 Å². The van der Waals surface area contributed by atoms with Gasteiger partial charge in [-0.3, -0.25) is 14.9 Å². The molecular formula is C24H19NO5. The largest absolute Gasteiger partial charge is 0.481 e. The van der Waals surface area contributed by atoms with Crippen LogP contribution in [0.2, 0.25) is 0 Å². The van der Waals surface area contributed by atoms with Crippen molar-refractivity contribution >= 4 is 16.7 Å². The summed E-state index contributed by atoms with van der Waals surface area (Å²) in [6.07, 6.45) is 0. The third-order valence-corrected chi connectivity index (χ3v) is 4.85. The number of rotatable bonds is 5. The fourth-order valence-corrected chi connectivity index (χ4v) is 3.18. The van der Waals surface area contributed by atoms with Gasteiger partial charge in [0.25, 0.3) is 5.69 Å². The molecule has 4 rings (SSSR count). The molecule has 6 nitrogen and oxygen atoms in total. The summed E-state index contributed by atoms with van der Waals surface area (Å²) in [4.78, 5) is 23.6. The summed E-state index contributed by atoms with van der Waals surface area (Å²) >= 11 is 0. The van der Waals surface area contributed by atoms with E-state index in [9.17, 15) is 14.9 Å². The van der Waals surface area contributed by atoms with Gasteiger partial charge in [0, 0.05) is 17.7 Å². The molecule has 3 aromatic carbocycles. The van der Waals surface area contributed by atoms with Crippen molar-refractivity contribution in [3.63, 3.8) is 0 Å². The molecule has 0 saturated carbocycles. The van der Waals surface area contributed by atoms with E-state index in [2.05, 4.69) is 0 Å². The molecule has 0 spiro atoms. The van der Waals surface area contributed by atoms with E-state index in [-0.39, 0.29) is 23.5 Å². The monoisotopic (exact) mass is 401 g/mol. The molecule has 0 aliphatic carbocycles. The number of ether oxygens (including phenoxy) is 1. The van der Waals surface area contributed by atoms with Crippen LogP contribution >= 0.6 is 0 Å². The van der Waals surface area contributed by atoms with Crippen LogP contribution in [-0.4, -0.2) is 4.92 Å². The molecule has 0 aliphatic rings. The van der Waals surface area contributed by atoms with E-state index < -0.39 is 4.92 Å². The topological polar surface area (TPSA) is 82.6 Å². The molecule has 0 unspecified atom stereocenters. The maximum Gasteiger partial charge on any atom is 0.269 e. The Hall–Kier alpha value is -3.93. The maximum atomic E-state index is 13.2. The third-order valence-electron chi connectivity index (χ3n) is 4.85. The molecule has 0 bridgehead atoms. The average Bonchev–Trinajstić information content (AvgIpc) is 2.73. The Morgan fingerprint density at radius 1 is 0.933 bits per heavy atom. The predicted octanol–water partition coefficient (Wildman–Crippen LogP) is 5.56. The Morgan fingerprint density at radius 2 is 1.60 bits per heavy atom. The first-order valence-electron chi connectivity index (χ1n) is 9.43. The summed E-state index contributed by atoms with van der Waals surface area (Å²) in [5.74, 6) is 0.480. The Labute approximate surface area is 172 Å². The van der Waals surface area contributed by atoms with E-state index in [4.69, 9.17) is 9.15 Å². The standard InChI is InChI=1S/C24H19NO5/c1-15-3-8-18(9-4-15)23-24(22(26)20-12-5-16(2)13-21(20)30-23)29-14-17-6-10-19(11-7-17)25(27)28/h3-13H,14H2,1-2H3. The van der Waals surface area contributed by atoms with Gasteiger partial charge in [0.15, 0.2) is 5.76 Å². The summed E-state index contributed by atoms with van der Waals surface area (Å²) in [7, 11) is 0. The molecule has 30 heavy (non-hydrogen) atoms. The molecule has 0 radical (unpaired) electrons. The lowest BCUT2D eigenvalue weighted by Gasteiger charge is -2.12. The molecule has 0 amide bonds. The molecule has 0 N–H and O–H groups in total. The van der Waals surface area contributed by atoms with E-state index in [1.54, 1.807) is 18.2 Å². The Bertz CT molecular complexity index is 1290. The van der Waals surface area contributed by atoms with Crippen LogP contribution in [0.3, 0.4) is 0 Å². The van der Waals surface area contributed by atoms with E-state index in [1.165, 1.54) is 12.1 Å². The van der Waals surface area contributed by atoms with E-state index >= 15 is 0 Å². The molecule has 0 saturated heterocycles. The van der Waals surface area contributed by atoms with E-state index in [0.29, 0.717) is 22.3 Å². The molecule has 6 heteroatoms. The first kappa shape index (κ1) is 19.4. The molecule has 1 heterocycles. The highest BCUT2D eigenvalue weighted by atomic mass is 16.6. The first-order chi connectivity index (χ1) is 14.4. The number of hydrogen-bond acceptors (Lipinski definition) is 5. The summed E-state index contributed by atoms with van der Waals surface area (Å²) in [5, 5.41) is 11.3. The van der Waals surface area contributed by atoms with Gasteiger partial charge < -0.3 is 9.15 Å². The SMILES string of the molecule is Cc1ccc(-c2oc3cc(C)ccc3c(=O)c2OCc2ccc([N+](=O)[O-])cc2)cc1. The predicted molar refractivity (Wildman–Crippen MR) is 115 cm³/mol. The van der Waals surface area contributed by atoms with Crippen LogP contribution < -0.4 is 10.2 Å². The van der Waals surface area contributed by atoms with Crippen molar-refractivity contribution in [3.05, 3.63) is 104 Å². The van der Waals surface area contributed by atoms with Crippen LogP contribution in [-0.2, 0) is 6.61 Å². The van der Waals surface area contributed by atoms with E-state index in [0.717, 1.165) is 16.7 Å². The fraction of sp³-hybridized carbons (Fsp3) is 0.125. The second kappa shape index (κ2) is 7.83. The fourth-order valence-electron chi connectivity index (χ4n) is 3.18. The highest BCUT2D eigenvalue weighted by molar-refractivity contribution is 5.82. The van der Waals surface area contributed by atoms with Crippen LogP contribution in [0.15, 0.2) is 75.9 Å². The zero-order chi connectivity index (χ0) is 21.3. The average molecular weight is 401 g/mol. The minimum absolute atomic E-state index is 0.000293. The lowest BCUT2D eigenvalue weighted by atomic mass is 10.1. The summed E-state index contributed by atoms with van der Waals surface area (Å²) in [6, 6.07) is 19.1. The molecular weight excluding hydrogens is 382 g/mol. The van der Waals surface area contributed by atoms with Gasteiger partial charge in [0.05, 0.1) is 10.3 Å². The van der Waals surface area contributed by atoms with Gasteiger partial charge in [-0.1, -0.05) is 35.9 Å². The molecule has 0 atom stereocenters.